The summed E-state index contributed by atoms with van der Waals surface area (Å²) in [7, 11) is -0.0461. The van der Waals surface area contributed by atoms with Crippen molar-refractivity contribution in [2.24, 2.45) is 0 Å². The summed E-state index contributed by atoms with van der Waals surface area (Å²) < 4.78 is 0. The molecule has 0 atom stereocenters. The van der Waals surface area contributed by atoms with Gasteiger partial charge in [0.2, 0.25) is 0 Å². The highest BCUT2D eigenvalue weighted by molar-refractivity contribution is 7.67. The molecule has 2 fully saturated rings. The van der Waals surface area contributed by atoms with E-state index in [-0.39, 0.29) is 7.92 Å². The molecule has 2 saturated carbocycles. The van der Waals surface area contributed by atoms with Crippen molar-refractivity contribution in [3.63, 3.8) is 0 Å². The Morgan fingerprint density at radius 3 is 1.92 bits per heavy atom. The fourth-order valence-electron chi connectivity index (χ4n) is 5.17. The topological polar surface area (TPSA) is 0 Å². The minimum Gasteiger partial charge on any atom is -0.0683 e. The number of hydrogen-bond donors (Lipinski definition) is 0. The summed E-state index contributed by atoms with van der Waals surface area (Å²) in [5.41, 5.74) is 6.26. The molecule has 2 aliphatic carbocycles. The summed E-state index contributed by atoms with van der Waals surface area (Å²) in [6.07, 6.45) is 14.7. The van der Waals surface area contributed by atoms with Crippen LogP contribution in [0.5, 0.6) is 0 Å². The first-order chi connectivity index (χ1) is 12.8. The van der Waals surface area contributed by atoms with Crippen molar-refractivity contribution in [1.29, 1.82) is 0 Å². The van der Waals surface area contributed by atoms with Crippen molar-refractivity contribution in [2.45, 2.75) is 82.4 Å². The molecule has 1 heteroatoms. The van der Waals surface area contributed by atoms with Crippen molar-refractivity contribution in [3.05, 3.63) is 54.1 Å². The predicted octanol–water partition coefficient (Wildman–Crippen LogP) is 7.43. The van der Waals surface area contributed by atoms with Gasteiger partial charge in [-0.15, -0.1) is 0 Å². The Hall–Kier alpha value is -1.13. The molecule has 2 aliphatic rings. The molecule has 0 spiro atoms. The Morgan fingerprint density at radius 2 is 1.31 bits per heavy atom. The monoisotopic (exact) mass is 364 g/mol. The highest BCUT2D eigenvalue weighted by Crippen LogP contribution is 2.56. The van der Waals surface area contributed by atoms with Crippen LogP contribution >= 0.6 is 7.92 Å². The van der Waals surface area contributed by atoms with E-state index in [0.717, 1.165) is 11.3 Å². The van der Waals surface area contributed by atoms with Gasteiger partial charge in [-0.05, 0) is 60.4 Å². The Balaban J connectivity index is 1.75. The summed E-state index contributed by atoms with van der Waals surface area (Å²) in [6, 6.07) is 18.6. The molecule has 4 rings (SSSR count). The summed E-state index contributed by atoms with van der Waals surface area (Å²) in [5.74, 6) is 0. The molecule has 138 valence electrons. The summed E-state index contributed by atoms with van der Waals surface area (Å²) in [5, 5.41) is 1.71. The molecule has 0 heterocycles. The van der Waals surface area contributed by atoms with Crippen LogP contribution in [0.25, 0.3) is 11.1 Å². The molecule has 0 aliphatic heterocycles. The summed E-state index contributed by atoms with van der Waals surface area (Å²) >= 11 is 0. The average Bonchev–Trinajstić information content (AvgIpc) is 2.70. The smallest absolute Gasteiger partial charge is 0.0107 e. The van der Waals surface area contributed by atoms with Gasteiger partial charge >= 0.3 is 0 Å². The van der Waals surface area contributed by atoms with Crippen LogP contribution in [-0.4, -0.2) is 11.3 Å². The SMILES string of the molecule is Cc1cccc(-c2ccccc2P(C2CCCCC2)C2CCCCC2)c1. The van der Waals surface area contributed by atoms with Gasteiger partial charge in [0.05, 0.1) is 0 Å². The first kappa shape index (κ1) is 18.2. The highest BCUT2D eigenvalue weighted by Gasteiger charge is 2.33. The largest absolute Gasteiger partial charge is 0.0683 e. The van der Waals surface area contributed by atoms with E-state index in [2.05, 4.69) is 55.5 Å². The molecule has 2 aromatic rings. The second kappa shape index (κ2) is 8.71. The molecular formula is C25H33P. The molecule has 0 unspecified atom stereocenters. The second-order valence-corrected chi connectivity index (χ2v) is 11.1. The molecule has 0 bridgehead atoms. The van der Waals surface area contributed by atoms with Crippen LogP contribution in [-0.2, 0) is 0 Å². The zero-order chi connectivity index (χ0) is 17.8. The van der Waals surface area contributed by atoms with Gasteiger partial charge in [-0.2, -0.15) is 0 Å². The van der Waals surface area contributed by atoms with Crippen LogP contribution in [0.3, 0.4) is 0 Å². The molecule has 26 heavy (non-hydrogen) atoms. The molecule has 2 aromatic carbocycles. The maximum atomic E-state index is 2.49. The van der Waals surface area contributed by atoms with Gasteiger partial charge in [-0.3, -0.25) is 0 Å². The van der Waals surface area contributed by atoms with Gasteiger partial charge in [0.1, 0.15) is 0 Å². The zero-order valence-electron chi connectivity index (χ0n) is 16.3. The number of benzene rings is 2. The van der Waals surface area contributed by atoms with Crippen LogP contribution in [0.15, 0.2) is 48.5 Å². The van der Waals surface area contributed by atoms with Crippen molar-refractivity contribution in [3.8, 4) is 11.1 Å². The minimum atomic E-state index is -0.0461. The third kappa shape index (κ3) is 4.07. The van der Waals surface area contributed by atoms with E-state index in [1.54, 1.807) is 5.30 Å². The van der Waals surface area contributed by atoms with Crippen molar-refractivity contribution in [2.75, 3.05) is 0 Å². The zero-order valence-corrected chi connectivity index (χ0v) is 17.2. The molecule has 0 radical (unpaired) electrons. The number of aryl methyl sites for hydroxylation is 1. The van der Waals surface area contributed by atoms with E-state index in [1.807, 2.05) is 0 Å². The van der Waals surface area contributed by atoms with E-state index >= 15 is 0 Å². The van der Waals surface area contributed by atoms with Crippen molar-refractivity contribution >= 4 is 13.2 Å². The van der Waals surface area contributed by atoms with Crippen LogP contribution in [0, 0.1) is 6.92 Å². The normalized spacial score (nSPS) is 19.8. The lowest BCUT2D eigenvalue weighted by Crippen LogP contribution is -2.27. The second-order valence-electron chi connectivity index (χ2n) is 8.38. The Kier molecular flexibility index (Phi) is 6.11. The Labute approximate surface area is 161 Å². The van der Waals surface area contributed by atoms with Gasteiger partial charge in [-0.1, -0.05) is 101 Å². The third-order valence-electron chi connectivity index (χ3n) is 6.45. The maximum Gasteiger partial charge on any atom is -0.0107 e. The lowest BCUT2D eigenvalue weighted by Gasteiger charge is -2.39. The fourth-order valence-corrected chi connectivity index (χ4v) is 9.13. The number of rotatable bonds is 4. The molecule has 0 amide bonds. The van der Waals surface area contributed by atoms with E-state index < -0.39 is 0 Å². The van der Waals surface area contributed by atoms with Gasteiger partial charge in [0.15, 0.2) is 0 Å². The molecule has 0 aromatic heterocycles. The van der Waals surface area contributed by atoms with Gasteiger partial charge < -0.3 is 0 Å². The van der Waals surface area contributed by atoms with E-state index in [9.17, 15) is 0 Å². The molecule has 0 N–H and O–H groups in total. The van der Waals surface area contributed by atoms with Gasteiger partial charge in [-0.25, -0.2) is 0 Å². The molecule has 0 saturated heterocycles. The van der Waals surface area contributed by atoms with Crippen LogP contribution < -0.4 is 5.30 Å². The Morgan fingerprint density at radius 1 is 0.692 bits per heavy atom. The quantitative estimate of drug-likeness (QED) is 0.495. The Bertz CT molecular complexity index is 690. The maximum absolute atomic E-state index is 2.49. The fraction of sp³-hybridized carbons (Fsp3) is 0.520. The minimum absolute atomic E-state index is 0.0461. The van der Waals surface area contributed by atoms with Crippen molar-refractivity contribution < 1.29 is 0 Å². The van der Waals surface area contributed by atoms with Crippen LogP contribution in [0.4, 0.5) is 0 Å². The summed E-state index contributed by atoms with van der Waals surface area (Å²) in [4.78, 5) is 0. The first-order valence-corrected chi connectivity index (χ1v) is 12.3. The lowest BCUT2D eigenvalue weighted by molar-refractivity contribution is 0.487. The van der Waals surface area contributed by atoms with Gasteiger partial charge in [0, 0.05) is 0 Å². The van der Waals surface area contributed by atoms with E-state index in [4.69, 9.17) is 0 Å². The van der Waals surface area contributed by atoms with E-state index in [0.29, 0.717) is 0 Å². The van der Waals surface area contributed by atoms with Crippen LogP contribution in [0.2, 0.25) is 0 Å². The highest BCUT2D eigenvalue weighted by atomic mass is 31.1. The molecule has 0 nitrogen and oxygen atoms in total. The van der Waals surface area contributed by atoms with Crippen molar-refractivity contribution in [1.82, 2.24) is 0 Å². The number of hydrogen-bond acceptors (Lipinski definition) is 0. The predicted molar refractivity (Wildman–Crippen MR) is 117 cm³/mol. The summed E-state index contributed by atoms with van der Waals surface area (Å²) in [6.45, 7) is 2.22. The van der Waals surface area contributed by atoms with E-state index in [1.165, 1.54) is 80.9 Å². The third-order valence-corrected chi connectivity index (χ3v) is 10.0. The lowest BCUT2D eigenvalue weighted by atomic mass is 9.99. The van der Waals surface area contributed by atoms with Crippen LogP contribution in [0.1, 0.15) is 69.8 Å². The first-order valence-electron chi connectivity index (χ1n) is 10.8. The average molecular weight is 365 g/mol. The molecular weight excluding hydrogens is 331 g/mol. The van der Waals surface area contributed by atoms with Gasteiger partial charge in [0.25, 0.3) is 0 Å². The standard InChI is InChI=1S/C25H33P/c1-20-11-10-12-21(19-20)24-17-8-9-18-25(24)26(22-13-4-2-5-14-22)23-15-6-3-7-16-23/h8-12,17-19,22-23H,2-7,13-16H2,1H3.